The molecule has 0 fully saturated rings. The second kappa shape index (κ2) is 6.41. The zero-order valence-electron chi connectivity index (χ0n) is 12.7. The number of aryl methyl sites for hydroxylation is 1. The molecular weight excluding hydrogens is 282 g/mol. The van der Waals surface area contributed by atoms with Crippen LogP contribution in [0.2, 0.25) is 5.02 Å². The standard InChI is InChI=1S/C18H24ClNO/c1-2-3-6-14(21)12-20-17-8-5-4-7-15(17)16-11-13(19)9-10-18(16)20/h9-11,14,21H,2-8,12H2,1H3/t14-/m1/s1. The lowest BCUT2D eigenvalue weighted by atomic mass is 9.95. The molecule has 21 heavy (non-hydrogen) atoms. The molecule has 0 saturated carbocycles. The lowest BCUT2D eigenvalue weighted by Crippen LogP contribution is -2.18. The van der Waals surface area contributed by atoms with E-state index in [1.807, 2.05) is 6.07 Å². The average Bonchev–Trinajstić information content (AvgIpc) is 2.79. The Hall–Kier alpha value is -0.990. The number of nitrogens with zero attached hydrogens (tertiary/aromatic N) is 1. The molecule has 0 aliphatic heterocycles. The van der Waals surface area contributed by atoms with Gasteiger partial charge in [-0.15, -0.1) is 0 Å². The third-order valence-electron chi connectivity index (χ3n) is 4.62. The Balaban J connectivity index is 2.00. The van der Waals surface area contributed by atoms with Crippen LogP contribution in [-0.2, 0) is 19.4 Å². The molecule has 1 aromatic carbocycles. The van der Waals surface area contributed by atoms with Gasteiger partial charge in [0.2, 0.25) is 0 Å². The summed E-state index contributed by atoms with van der Waals surface area (Å²) in [6.45, 7) is 2.88. The monoisotopic (exact) mass is 305 g/mol. The van der Waals surface area contributed by atoms with Crippen LogP contribution < -0.4 is 0 Å². The van der Waals surface area contributed by atoms with Crippen molar-refractivity contribution in [3.05, 3.63) is 34.5 Å². The van der Waals surface area contributed by atoms with E-state index in [1.165, 1.54) is 35.0 Å². The highest BCUT2D eigenvalue weighted by molar-refractivity contribution is 6.31. The van der Waals surface area contributed by atoms with E-state index in [0.29, 0.717) is 6.54 Å². The molecule has 1 aromatic heterocycles. The predicted molar refractivity (Wildman–Crippen MR) is 89.1 cm³/mol. The van der Waals surface area contributed by atoms with Gasteiger partial charge in [-0.2, -0.15) is 0 Å². The number of aromatic nitrogens is 1. The molecule has 1 aliphatic rings. The maximum absolute atomic E-state index is 10.3. The molecular formula is C18H24ClNO. The van der Waals surface area contributed by atoms with Crippen LogP contribution in [0.15, 0.2) is 18.2 Å². The summed E-state index contributed by atoms with van der Waals surface area (Å²) in [6, 6.07) is 6.17. The predicted octanol–water partition coefficient (Wildman–Crippen LogP) is 4.72. The second-order valence-electron chi connectivity index (χ2n) is 6.20. The quantitative estimate of drug-likeness (QED) is 0.849. The van der Waals surface area contributed by atoms with E-state index in [4.69, 9.17) is 11.6 Å². The van der Waals surface area contributed by atoms with Crippen molar-refractivity contribution in [2.24, 2.45) is 0 Å². The van der Waals surface area contributed by atoms with E-state index < -0.39 is 0 Å². The van der Waals surface area contributed by atoms with Crippen LogP contribution in [0.4, 0.5) is 0 Å². The Bertz CT molecular complexity index is 632. The summed E-state index contributed by atoms with van der Waals surface area (Å²) in [4.78, 5) is 0. The van der Waals surface area contributed by atoms with Crippen molar-refractivity contribution in [1.82, 2.24) is 4.57 Å². The minimum Gasteiger partial charge on any atom is -0.391 e. The zero-order chi connectivity index (χ0) is 14.8. The smallest absolute Gasteiger partial charge is 0.0719 e. The van der Waals surface area contributed by atoms with E-state index in [0.717, 1.165) is 37.1 Å². The number of aliphatic hydroxyl groups is 1. The first-order valence-electron chi connectivity index (χ1n) is 8.18. The van der Waals surface area contributed by atoms with Crippen LogP contribution in [0.1, 0.15) is 50.3 Å². The molecule has 0 saturated heterocycles. The molecule has 3 heteroatoms. The van der Waals surface area contributed by atoms with E-state index in [-0.39, 0.29) is 6.10 Å². The maximum Gasteiger partial charge on any atom is 0.0719 e. The summed E-state index contributed by atoms with van der Waals surface area (Å²) in [5, 5.41) is 12.4. The third-order valence-corrected chi connectivity index (χ3v) is 4.86. The van der Waals surface area contributed by atoms with Crippen molar-refractivity contribution in [2.75, 3.05) is 0 Å². The van der Waals surface area contributed by atoms with Crippen molar-refractivity contribution in [1.29, 1.82) is 0 Å². The van der Waals surface area contributed by atoms with Gasteiger partial charge in [0.15, 0.2) is 0 Å². The molecule has 114 valence electrons. The Labute approximate surface area is 131 Å². The van der Waals surface area contributed by atoms with Crippen LogP contribution >= 0.6 is 11.6 Å². The van der Waals surface area contributed by atoms with Crippen molar-refractivity contribution in [2.45, 2.75) is 64.5 Å². The van der Waals surface area contributed by atoms with Crippen molar-refractivity contribution >= 4 is 22.5 Å². The van der Waals surface area contributed by atoms with Crippen LogP contribution in [0.3, 0.4) is 0 Å². The molecule has 1 heterocycles. The first-order valence-corrected chi connectivity index (χ1v) is 8.56. The Morgan fingerprint density at radius 3 is 2.90 bits per heavy atom. The Kier molecular flexibility index (Phi) is 4.56. The number of rotatable bonds is 5. The lowest BCUT2D eigenvalue weighted by Gasteiger charge is -2.18. The van der Waals surface area contributed by atoms with Gasteiger partial charge >= 0.3 is 0 Å². The van der Waals surface area contributed by atoms with E-state index in [1.54, 1.807) is 0 Å². The highest BCUT2D eigenvalue weighted by Gasteiger charge is 2.21. The minimum absolute atomic E-state index is 0.248. The molecule has 0 unspecified atom stereocenters. The summed E-state index contributed by atoms with van der Waals surface area (Å²) in [7, 11) is 0. The first kappa shape index (κ1) is 14.9. The van der Waals surface area contributed by atoms with Gasteiger partial charge < -0.3 is 9.67 Å². The highest BCUT2D eigenvalue weighted by atomic mass is 35.5. The van der Waals surface area contributed by atoms with Crippen LogP contribution in [-0.4, -0.2) is 15.8 Å². The molecule has 1 atom stereocenters. The number of hydrogen-bond acceptors (Lipinski definition) is 1. The van der Waals surface area contributed by atoms with Crippen molar-refractivity contribution in [3.8, 4) is 0 Å². The molecule has 0 spiro atoms. The van der Waals surface area contributed by atoms with Gasteiger partial charge in [-0.25, -0.2) is 0 Å². The number of aliphatic hydroxyl groups excluding tert-OH is 1. The van der Waals surface area contributed by atoms with Gasteiger partial charge in [0.1, 0.15) is 0 Å². The largest absolute Gasteiger partial charge is 0.391 e. The number of halogens is 1. The summed E-state index contributed by atoms with van der Waals surface area (Å²) in [5.41, 5.74) is 4.12. The molecule has 1 aliphatic carbocycles. The van der Waals surface area contributed by atoms with Gasteiger partial charge in [-0.1, -0.05) is 31.4 Å². The van der Waals surface area contributed by atoms with Crippen molar-refractivity contribution in [3.63, 3.8) is 0 Å². The summed E-state index contributed by atoms with van der Waals surface area (Å²) >= 11 is 6.19. The first-order chi connectivity index (χ1) is 10.2. The van der Waals surface area contributed by atoms with E-state index in [9.17, 15) is 5.11 Å². The lowest BCUT2D eigenvalue weighted by molar-refractivity contribution is 0.142. The zero-order valence-corrected chi connectivity index (χ0v) is 13.5. The Morgan fingerprint density at radius 2 is 2.10 bits per heavy atom. The second-order valence-corrected chi connectivity index (χ2v) is 6.64. The average molecular weight is 306 g/mol. The summed E-state index contributed by atoms with van der Waals surface area (Å²) in [6.07, 6.45) is 7.65. The van der Waals surface area contributed by atoms with Crippen molar-refractivity contribution < 1.29 is 5.11 Å². The minimum atomic E-state index is -0.248. The van der Waals surface area contributed by atoms with Crippen LogP contribution in [0, 0.1) is 0 Å². The van der Waals surface area contributed by atoms with Crippen LogP contribution in [0.25, 0.3) is 10.9 Å². The van der Waals surface area contributed by atoms with Gasteiger partial charge in [0.05, 0.1) is 6.10 Å². The van der Waals surface area contributed by atoms with E-state index in [2.05, 4.69) is 23.6 Å². The molecule has 2 nitrogen and oxygen atoms in total. The fourth-order valence-corrected chi connectivity index (χ4v) is 3.73. The summed E-state index contributed by atoms with van der Waals surface area (Å²) < 4.78 is 2.35. The number of unbranched alkanes of at least 4 members (excludes halogenated alkanes) is 1. The normalized spacial score (nSPS) is 16.1. The van der Waals surface area contributed by atoms with Gasteiger partial charge in [-0.05, 0) is 55.9 Å². The van der Waals surface area contributed by atoms with E-state index >= 15 is 0 Å². The fraction of sp³-hybridized carbons (Fsp3) is 0.556. The molecule has 0 radical (unpaired) electrons. The molecule has 2 aromatic rings. The molecule has 3 rings (SSSR count). The van der Waals surface area contributed by atoms with Gasteiger partial charge in [0, 0.05) is 28.2 Å². The highest BCUT2D eigenvalue weighted by Crippen LogP contribution is 2.34. The number of benzene rings is 1. The number of fused-ring (bicyclic) bond motifs is 3. The topological polar surface area (TPSA) is 25.2 Å². The third kappa shape index (κ3) is 2.97. The van der Waals surface area contributed by atoms with Crippen LogP contribution in [0.5, 0.6) is 0 Å². The molecule has 0 bridgehead atoms. The fourth-order valence-electron chi connectivity index (χ4n) is 3.56. The van der Waals surface area contributed by atoms with Gasteiger partial charge in [0.25, 0.3) is 0 Å². The maximum atomic E-state index is 10.3. The molecule has 0 amide bonds. The SMILES string of the molecule is CCCC[C@@H](O)Cn1c2c(c3cc(Cl)ccc31)CCCC2. The number of hydrogen-bond donors (Lipinski definition) is 1. The van der Waals surface area contributed by atoms with Gasteiger partial charge in [-0.3, -0.25) is 0 Å². The molecule has 1 N–H and O–H groups in total. The summed E-state index contributed by atoms with van der Waals surface area (Å²) in [5.74, 6) is 0. The Morgan fingerprint density at radius 1 is 1.29 bits per heavy atom.